The van der Waals surface area contributed by atoms with Gasteiger partial charge in [-0.3, -0.25) is 0 Å². The maximum absolute atomic E-state index is 9.15. The fourth-order valence-electron chi connectivity index (χ4n) is 2.49. The number of pyridine rings is 1. The fourth-order valence-corrected chi connectivity index (χ4v) is 2.49. The van der Waals surface area contributed by atoms with Crippen molar-refractivity contribution in [1.29, 1.82) is 0 Å². The van der Waals surface area contributed by atoms with E-state index in [-0.39, 0.29) is 13.2 Å². The second-order valence-electron chi connectivity index (χ2n) is 4.54. The van der Waals surface area contributed by atoms with E-state index >= 15 is 0 Å². The van der Waals surface area contributed by atoms with Gasteiger partial charge in [0.25, 0.3) is 0 Å². The number of hydrogen-bond donors (Lipinski definition) is 2. The van der Waals surface area contributed by atoms with Gasteiger partial charge in [-0.1, -0.05) is 18.9 Å². The number of aliphatic hydroxyl groups is 2. The molecule has 1 heterocycles. The largest absolute Gasteiger partial charge is 0.395 e. The Morgan fingerprint density at radius 3 is 2.53 bits per heavy atom. The standard InChI is InChI=1S/C13H20N2O2/c16-8-7-15(12-3-1-2-4-12)13-6-5-11(10-17)9-14-13/h5-6,9,12,16-17H,1-4,7-8,10H2. The van der Waals surface area contributed by atoms with Gasteiger partial charge in [-0.2, -0.15) is 0 Å². The molecule has 2 rings (SSSR count). The Hall–Kier alpha value is -1.13. The molecule has 0 atom stereocenters. The number of nitrogens with zero attached hydrogens (tertiary/aromatic N) is 2. The van der Waals surface area contributed by atoms with Gasteiger partial charge in [0.05, 0.1) is 13.2 Å². The van der Waals surface area contributed by atoms with Crippen LogP contribution in [0.25, 0.3) is 0 Å². The van der Waals surface area contributed by atoms with Crippen molar-refractivity contribution in [3.05, 3.63) is 23.9 Å². The lowest BCUT2D eigenvalue weighted by Crippen LogP contribution is -2.36. The van der Waals surface area contributed by atoms with E-state index in [1.807, 2.05) is 12.1 Å². The summed E-state index contributed by atoms with van der Waals surface area (Å²) in [5.74, 6) is 0.906. The van der Waals surface area contributed by atoms with Crippen LogP contribution in [0.1, 0.15) is 31.2 Å². The molecule has 0 radical (unpaired) electrons. The summed E-state index contributed by atoms with van der Waals surface area (Å²) in [6.45, 7) is 0.812. The molecule has 2 N–H and O–H groups in total. The minimum atomic E-state index is 0.0245. The van der Waals surface area contributed by atoms with E-state index in [0.29, 0.717) is 12.6 Å². The zero-order chi connectivity index (χ0) is 12.1. The van der Waals surface area contributed by atoms with Gasteiger partial charge in [-0.25, -0.2) is 4.98 Å². The van der Waals surface area contributed by atoms with Crippen molar-refractivity contribution in [2.75, 3.05) is 18.1 Å². The zero-order valence-corrected chi connectivity index (χ0v) is 10.0. The normalized spacial score (nSPS) is 16.4. The third kappa shape index (κ3) is 2.96. The zero-order valence-electron chi connectivity index (χ0n) is 10.0. The van der Waals surface area contributed by atoms with Crippen molar-refractivity contribution >= 4 is 5.82 Å². The average Bonchev–Trinajstić information content (AvgIpc) is 2.90. The summed E-state index contributed by atoms with van der Waals surface area (Å²) in [6.07, 6.45) is 6.60. The van der Waals surface area contributed by atoms with Crippen LogP contribution in [-0.4, -0.2) is 34.4 Å². The highest BCUT2D eigenvalue weighted by atomic mass is 16.3. The fraction of sp³-hybridized carbons (Fsp3) is 0.615. The average molecular weight is 236 g/mol. The molecule has 17 heavy (non-hydrogen) atoms. The minimum Gasteiger partial charge on any atom is -0.395 e. The number of hydrogen-bond acceptors (Lipinski definition) is 4. The van der Waals surface area contributed by atoms with E-state index in [1.165, 1.54) is 25.7 Å². The highest BCUT2D eigenvalue weighted by Crippen LogP contribution is 2.26. The third-order valence-corrected chi connectivity index (χ3v) is 3.39. The van der Waals surface area contributed by atoms with Crippen molar-refractivity contribution < 1.29 is 10.2 Å². The Labute approximate surface area is 102 Å². The lowest BCUT2D eigenvalue weighted by molar-refractivity contribution is 0.281. The number of aromatic nitrogens is 1. The molecule has 0 saturated heterocycles. The molecule has 1 fully saturated rings. The van der Waals surface area contributed by atoms with Crippen LogP contribution in [0, 0.1) is 0 Å². The van der Waals surface area contributed by atoms with E-state index in [2.05, 4.69) is 9.88 Å². The molecule has 4 heteroatoms. The Bertz CT molecular complexity index is 334. The first-order valence-corrected chi connectivity index (χ1v) is 6.28. The SMILES string of the molecule is OCCN(c1ccc(CO)cn1)C1CCCC1. The first-order chi connectivity index (χ1) is 8.35. The second kappa shape index (κ2) is 5.98. The van der Waals surface area contributed by atoms with Crippen LogP contribution in [0.2, 0.25) is 0 Å². The minimum absolute atomic E-state index is 0.0245. The summed E-state index contributed by atoms with van der Waals surface area (Å²) in [6, 6.07) is 4.33. The quantitative estimate of drug-likeness (QED) is 0.809. The molecule has 4 nitrogen and oxygen atoms in total. The lowest BCUT2D eigenvalue weighted by atomic mass is 10.2. The molecule has 0 aromatic carbocycles. The predicted molar refractivity (Wildman–Crippen MR) is 66.8 cm³/mol. The van der Waals surface area contributed by atoms with Gasteiger partial charge in [-0.15, -0.1) is 0 Å². The van der Waals surface area contributed by atoms with Crippen LogP contribution in [0.5, 0.6) is 0 Å². The molecular formula is C13H20N2O2. The summed E-state index contributed by atoms with van der Waals surface area (Å²) >= 11 is 0. The molecule has 1 aromatic heterocycles. The monoisotopic (exact) mass is 236 g/mol. The number of rotatable bonds is 5. The van der Waals surface area contributed by atoms with Crippen LogP contribution in [0.4, 0.5) is 5.82 Å². The summed E-state index contributed by atoms with van der Waals surface area (Å²) in [7, 11) is 0. The lowest BCUT2D eigenvalue weighted by Gasteiger charge is -2.29. The van der Waals surface area contributed by atoms with Gasteiger partial charge in [0.15, 0.2) is 0 Å². The Morgan fingerprint density at radius 1 is 1.24 bits per heavy atom. The van der Waals surface area contributed by atoms with Crippen molar-refractivity contribution in [2.24, 2.45) is 0 Å². The first-order valence-electron chi connectivity index (χ1n) is 6.28. The molecule has 1 saturated carbocycles. The van der Waals surface area contributed by atoms with Crippen LogP contribution < -0.4 is 4.90 Å². The highest BCUT2D eigenvalue weighted by Gasteiger charge is 2.23. The molecule has 0 bridgehead atoms. The van der Waals surface area contributed by atoms with E-state index in [1.54, 1.807) is 6.20 Å². The number of aliphatic hydroxyl groups excluding tert-OH is 2. The molecule has 0 amide bonds. The third-order valence-electron chi connectivity index (χ3n) is 3.39. The molecule has 1 aliphatic carbocycles. The molecular weight excluding hydrogens is 216 g/mol. The van der Waals surface area contributed by atoms with Crippen LogP contribution in [0.3, 0.4) is 0 Å². The highest BCUT2D eigenvalue weighted by molar-refractivity contribution is 5.40. The molecule has 94 valence electrons. The molecule has 1 aliphatic rings. The van der Waals surface area contributed by atoms with E-state index in [0.717, 1.165) is 11.4 Å². The van der Waals surface area contributed by atoms with Gasteiger partial charge in [0.1, 0.15) is 5.82 Å². The van der Waals surface area contributed by atoms with Gasteiger partial charge >= 0.3 is 0 Å². The number of anilines is 1. The van der Waals surface area contributed by atoms with E-state index in [4.69, 9.17) is 10.2 Å². The summed E-state index contributed by atoms with van der Waals surface area (Å²) in [5.41, 5.74) is 0.823. The Morgan fingerprint density at radius 2 is 2.00 bits per heavy atom. The molecule has 0 spiro atoms. The first kappa shape index (κ1) is 12.3. The van der Waals surface area contributed by atoms with Gasteiger partial charge < -0.3 is 15.1 Å². The van der Waals surface area contributed by atoms with Crippen molar-refractivity contribution in [3.63, 3.8) is 0 Å². The van der Waals surface area contributed by atoms with Crippen molar-refractivity contribution in [3.8, 4) is 0 Å². The maximum Gasteiger partial charge on any atom is 0.128 e. The van der Waals surface area contributed by atoms with Crippen molar-refractivity contribution in [2.45, 2.75) is 38.3 Å². The molecule has 1 aromatic rings. The van der Waals surface area contributed by atoms with Gasteiger partial charge in [0, 0.05) is 18.8 Å². The summed E-state index contributed by atoms with van der Waals surface area (Å²) in [5, 5.41) is 18.1. The summed E-state index contributed by atoms with van der Waals surface area (Å²) in [4.78, 5) is 6.56. The van der Waals surface area contributed by atoms with E-state index in [9.17, 15) is 0 Å². The Balaban J connectivity index is 2.12. The smallest absolute Gasteiger partial charge is 0.128 e. The Kier molecular flexibility index (Phi) is 4.34. The molecule has 0 aliphatic heterocycles. The maximum atomic E-state index is 9.15. The van der Waals surface area contributed by atoms with Crippen LogP contribution >= 0.6 is 0 Å². The van der Waals surface area contributed by atoms with Gasteiger partial charge in [0.2, 0.25) is 0 Å². The predicted octanol–water partition coefficient (Wildman–Crippen LogP) is 1.32. The van der Waals surface area contributed by atoms with E-state index < -0.39 is 0 Å². The van der Waals surface area contributed by atoms with Crippen LogP contribution in [0.15, 0.2) is 18.3 Å². The van der Waals surface area contributed by atoms with Crippen molar-refractivity contribution in [1.82, 2.24) is 4.98 Å². The van der Waals surface area contributed by atoms with Crippen LogP contribution in [-0.2, 0) is 6.61 Å². The van der Waals surface area contributed by atoms with Gasteiger partial charge in [-0.05, 0) is 24.5 Å². The summed E-state index contributed by atoms with van der Waals surface area (Å²) < 4.78 is 0. The topological polar surface area (TPSA) is 56.6 Å². The molecule has 0 unspecified atom stereocenters. The second-order valence-corrected chi connectivity index (χ2v) is 4.54.